The summed E-state index contributed by atoms with van der Waals surface area (Å²) < 4.78 is 0. The van der Waals surface area contributed by atoms with Crippen LogP contribution in [0.25, 0.3) is 0 Å². The Balaban J connectivity index is 2.00. The van der Waals surface area contributed by atoms with E-state index in [1.165, 1.54) is 49.7 Å². The molecule has 2 rings (SSSR count). The normalized spacial score (nSPS) is 17.4. The summed E-state index contributed by atoms with van der Waals surface area (Å²) in [6.45, 7) is 2.24. The first-order chi connectivity index (χ1) is 8.85. The van der Waals surface area contributed by atoms with Crippen molar-refractivity contribution in [3.05, 3.63) is 35.4 Å². The Bertz CT molecular complexity index is 358. The molecular weight excluding hydrogens is 220 g/mol. The topological polar surface area (TPSA) is 38.0 Å². The monoisotopic (exact) mass is 246 g/mol. The zero-order chi connectivity index (χ0) is 12.8. The predicted molar refractivity (Wildman–Crippen MR) is 77.2 cm³/mol. The Labute approximate surface area is 111 Å². The number of unbranched alkanes of at least 4 members (excludes halogenated alkanes) is 2. The second-order valence-electron chi connectivity index (χ2n) is 5.51. The fourth-order valence-electron chi connectivity index (χ4n) is 2.72. The third-order valence-electron chi connectivity index (χ3n) is 4.19. The molecule has 1 aromatic carbocycles. The average molecular weight is 246 g/mol. The third-order valence-corrected chi connectivity index (χ3v) is 4.19. The zero-order valence-corrected chi connectivity index (χ0v) is 11.5. The summed E-state index contributed by atoms with van der Waals surface area (Å²) >= 11 is 0. The number of hydrogen-bond donors (Lipinski definition) is 2. The Morgan fingerprint density at radius 1 is 1.33 bits per heavy atom. The minimum Gasteiger partial charge on any atom is -0.271 e. The first-order valence-electron chi connectivity index (χ1n) is 7.41. The van der Waals surface area contributed by atoms with Crippen LogP contribution in [0, 0.1) is 0 Å². The standard InChI is InChI=1S/C16H26N2/c1-2-3-4-11-16(18-17)15-10-6-9-14(12-15)13-7-5-8-13/h6,9-10,12-13,16,18H,2-5,7-8,11,17H2,1H3. The van der Waals surface area contributed by atoms with E-state index in [0.717, 1.165) is 12.3 Å². The van der Waals surface area contributed by atoms with Crippen molar-refractivity contribution in [1.29, 1.82) is 0 Å². The second kappa shape index (κ2) is 6.91. The fraction of sp³-hybridized carbons (Fsp3) is 0.625. The maximum Gasteiger partial charge on any atom is 0.0460 e. The van der Waals surface area contributed by atoms with Crippen molar-refractivity contribution < 1.29 is 0 Å². The minimum absolute atomic E-state index is 0.316. The molecule has 0 aliphatic heterocycles. The molecule has 0 heterocycles. The quantitative estimate of drug-likeness (QED) is 0.433. The SMILES string of the molecule is CCCCCC(NN)c1cccc(C2CCC2)c1. The van der Waals surface area contributed by atoms with Gasteiger partial charge >= 0.3 is 0 Å². The number of rotatable bonds is 7. The number of nitrogens with one attached hydrogen (secondary N) is 1. The van der Waals surface area contributed by atoms with Gasteiger partial charge in [0.1, 0.15) is 0 Å². The van der Waals surface area contributed by atoms with E-state index in [2.05, 4.69) is 36.6 Å². The molecule has 0 saturated heterocycles. The molecule has 1 atom stereocenters. The molecule has 1 fully saturated rings. The van der Waals surface area contributed by atoms with Gasteiger partial charge < -0.3 is 0 Å². The van der Waals surface area contributed by atoms with Gasteiger partial charge in [-0.1, -0.05) is 56.9 Å². The highest BCUT2D eigenvalue weighted by atomic mass is 15.2. The molecule has 0 bridgehead atoms. The predicted octanol–water partition coefficient (Wildman–Crippen LogP) is 4.04. The average Bonchev–Trinajstić information content (AvgIpc) is 2.33. The summed E-state index contributed by atoms with van der Waals surface area (Å²) in [7, 11) is 0. The van der Waals surface area contributed by atoms with Crippen LogP contribution in [0.15, 0.2) is 24.3 Å². The van der Waals surface area contributed by atoms with Gasteiger partial charge in [0.15, 0.2) is 0 Å². The highest BCUT2D eigenvalue weighted by molar-refractivity contribution is 5.29. The Morgan fingerprint density at radius 3 is 2.78 bits per heavy atom. The van der Waals surface area contributed by atoms with Crippen molar-refractivity contribution in [2.45, 2.75) is 63.8 Å². The van der Waals surface area contributed by atoms with Crippen LogP contribution in [0.3, 0.4) is 0 Å². The Kier molecular flexibility index (Phi) is 5.21. The number of nitrogens with two attached hydrogens (primary N) is 1. The van der Waals surface area contributed by atoms with Crippen molar-refractivity contribution in [2.75, 3.05) is 0 Å². The van der Waals surface area contributed by atoms with E-state index in [-0.39, 0.29) is 0 Å². The smallest absolute Gasteiger partial charge is 0.0460 e. The molecule has 1 aliphatic carbocycles. The number of hydrogen-bond acceptors (Lipinski definition) is 2. The molecule has 1 saturated carbocycles. The molecule has 1 unspecified atom stereocenters. The molecular formula is C16H26N2. The van der Waals surface area contributed by atoms with Crippen molar-refractivity contribution in [2.24, 2.45) is 5.84 Å². The van der Waals surface area contributed by atoms with Gasteiger partial charge in [0.25, 0.3) is 0 Å². The molecule has 0 amide bonds. The van der Waals surface area contributed by atoms with E-state index in [1.54, 1.807) is 0 Å². The van der Waals surface area contributed by atoms with E-state index in [9.17, 15) is 0 Å². The van der Waals surface area contributed by atoms with Crippen LogP contribution in [0.2, 0.25) is 0 Å². The van der Waals surface area contributed by atoms with E-state index in [1.807, 2.05) is 0 Å². The Morgan fingerprint density at radius 2 is 2.17 bits per heavy atom. The highest BCUT2D eigenvalue weighted by Crippen LogP contribution is 2.37. The molecule has 0 aromatic heterocycles. The fourth-order valence-corrected chi connectivity index (χ4v) is 2.72. The molecule has 0 radical (unpaired) electrons. The van der Waals surface area contributed by atoms with Crippen LogP contribution in [0.1, 0.15) is 75.0 Å². The number of benzene rings is 1. The van der Waals surface area contributed by atoms with E-state index >= 15 is 0 Å². The van der Waals surface area contributed by atoms with E-state index in [0.29, 0.717) is 6.04 Å². The van der Waals surface area contributed by atoms with Crippen LogP contribution >= 0.6 is 0 Å². The van der Waals surface area contributed by atoms with Gasteiger partial charge in [-0.15, -0.1) is 0 Å². The maximum absolute atomic E-state index is 5.71. The summed E-state index contributed by atoms with van der Waals surface area (Å²) in [5, 5.41) is 0. The van der Waals surface area contributed by atoms with Crippen molar-refractivity contribution in [3.8, 4) is 0 Å². The molecule has 18 heavy (non-hydrogen) atoms. The summed E-state index contributed by atoms with van der Waals surface area (Å²) in [6, 6.07) is 9.34. The lowest BCUT2D eigenvalue weighted by atomic mass is 9.79. The van der Waals surface area contributed by atoms with Gasteiger partial charge in [0.2, 0.25) is 0 Å². The Hall–Kier alpha value is -0.860. The van der Waals surface area contributed by atoms with E-state index in [4.69, 9.17) is 5.84 Å². The third kappa shape index (κ3) is 3.33. The van der Waals surface area contributed by atoms with Crippen LogP contribution in [-0.4, -0.2) is 0 Å². The summed E-state index contributed by atoms with van der Waals surface area (Å²) in [5.74, 6) is 6.51. The van der Waals surface area contributed by atoms with Gasteiger partial charge in [-0.05, 0) is 36.3 Å². The van der Waals surface area contributed by atoms with Crippen LogP contribution in [-0.2, 0) is 0 Å². The summed E-state index contributed by atoms with van der Waals surface area (Å²) in [6.07, 6.45) is 9.06. The van der Waals surface area contributed by atoms with Gasteiger partial charge in [-0.3, -0.25) is 11.3 Å². The molecule has 0 spiro atoms. The first kappa shape index (κ1) is 13.6. The van der Waals surface area contributed by atoms with Crippen molar-refractivity contribution >= 4 is 0 Å². The zero-order valence-electron chi connectivity index (χ0n) is 11.5. The lowest BCUT2D eigenvalue weighted by Crippen LogP contribution is -2.28. The molecule has 2 heteroatoms. The van der Waals surface area contributed by atoms with Gasteiger partial charge in [-0.25, -0.2) is 0 Å². The van der Waals surface area contributed by atoms with Crippen LogP contribution in [0.4, 0.5) is 0 Å². The lowest BCUT2D eigenvalue weighted by Gasteiger charge is -2.27. The van der Waals surface area contributed by atoms with E-state index < -0.39 is 0 Å². The maximum atomic E-state index is 5.71. The summed E-state index contributed by atoms with van der Waals surface area (Å²) in [4.78, 5) is 0. The molecule has 2 nitrogen and oxygen atoms in total. The molecule has 1 aliphatic rings. The minimum atomic E-state index is 0.316. The van der Waals surface area contributed by atoms with Crippen molar-refractivity contribution in [3.63, 3.8) is 0 Å². The van der Waals surface area contributed by atoms with Gasteiger partial charge in [0, 0.05) is 6.04 Å². The largest absolute Gasteiger partial charge is 0.271 e. The van der Waals surface area contributed by atoms with Gasteiger partial charge in [-0.2, -0.15) is 0 Å². The molecule has 1 aromatic rings. The second-order valence-corrected chi connectivity index (χ2v) is 5.51. The summed E-state index contributed by atoms with van der Waals surface area (Å²) in [5.41, 5.74) is 5.85. The molecule has 3 N–H and O–H groups in total. The lowest BCUT2D eigenvalue weighted by molar-refractivity contribution is 0.418. The van der Waals surface area contributed by atoms with Crippen molar-refractivity contribution in [1.82, 2.24) is 5.43 Å². The van der Waals surface area contributed by atoms with Crippen LogP contribution < -0.4 is 11.3 Å². The first-order valence-corrected chi connectivity index (χ1v) is 7.41. The van der Waals surface area contributed by atoms with Crippen LogP contribution in [0.5, 0.6) is 0 Å². The highest BCUT2D eigenvalue weighted by Gasteiger charge is 2.20. The molecule has 100 valence electrons. The number of hydrazine groups is 1. The van der Waals surface area contributed by atoms with Gasteiger partial charge in [0.05, 0.1) is 0 Å².